The van der Waals surface area contributed by atoms with Crippen LogP contribution in [0.15, 0.2) is 98.4 Å². The second kappa shape index (κ2) is 16.7. The Bertz CT molecular complexity index is 2240. The molecule has 4 aromatic heterocycles. The first kappa shape index (κ1) is 37.8. The molecule has 0 N–H and O–H groups in total. The van der Waals surface area contributed by atoms with Gasteiger partial charge in [-0.25, -0.2) is 39.9 Å². The van der Waals surface area contributed by atoms with E-state index < -0.39 is 18.3 Å². The average Bonchev–Trinajstić information content (AvgIpc) is 3.38. The Morgan fingerprint density at radius 1 is 0.558 bits per heavy atom. The van der Waals surface area contributed by atoms with Gasteiger partial charge < -0.3 is 9.31 Å². The topological polar surface area (TPSA) is 169 Å². The molecule has 12 nitrogen and oxygen atoms in total. The van der Waals surface area contributed by atoms with Crippen LogP contribution in [-0.2, 0) is 9.31 Å². The first-order chi connectivity index (χ1) is 24.9. The van der Waals surface area contributed by atoms with Gasteiger partial charge in [-0.05, 0) is 87.8 Å². The van der Waals surface area contributed by atoms with Crippen LogP contribution in [0.25, 0.3) is 34.0 Å². The fraction of sp³-hybridized carbons (Fsp3) is 0.167. The van der Waals surface area contributed by atoms with E-state index in [4.69, 9.17) is 54.6 Å². The third-order valence-corrected chi connectivity index (χ3v) is 8.53. The zero-order valence-corrected chi connectivity index (χ0v) is 30.5. The van der Waals surface area contributed by atoms with Gasteiger partial charge in [0.1, 0.15) is 30.5 Å². The number of halogens is 3. The molecule has 7 rings (SSSR count). The molecule has 6 aromatic rings. The highest BCUT2D eigenvalue weighted by Crippen LogP contribution is 2.36. The van der Waals surface area contributed by atoms with Crippen molar-refractivity contribution in [3.05, 3.63) is 125 Å². The molecule has 0 atom stereocenters. The predicted octanol–water partition coefficient (Wildman–Crippen LogP) is 7.22. The van der Waals surface area contributed by atoms with Gasteiger partial charge in [0, 0.05) is 34.1 Å². The number of aromatic nitrogens is 8. The number of hydrogen-bond donors (Lipinski definition) is 0. The van der Waals surface area contributed by atoms with Crippen molar-refractivity contribution in [1.29, 1.82) is 10.5 Å². The molecule has 1 saturated heterocycles. The highest BCUT2D eigenvalue weighted by atomic mass is 35.5. The third-order valence-electron chi connectivity index (χ3n) is 7.89. The Balaban J connectivity index is 0.000000155. The Hall–Kier alpha value is -5.41. The Morgan fingerprint density at radius 3 is 1.60 bits per heavy atom. The molecule has 0 bridgehead atoms. The van der Waals surface area contributed by atoms with E-state index >= 15 is 0 Å². The second-order valence-electron chi connectivity index (χ2n) is 12.0. The lowest BCUT2D eigenvalue weighted by atomic mass is 9.78. The van der Waals surface area contributed by atoms with Gasteiger partial charge >= 0.3 is 7.12 Å². The van der Waals surface area contributed by atoms with Crippen molar-refractivity contribution in [3.63, 3.8) is 0 Å². The Morgan fingerprint density at radius 2 is 1.06 bits per heavy atom. The zero-order valence-electron chi connectivity index (χ0n) is 28.2. The van der Waals surface area contributed by atoms with E-state index in [9.17, 15) is 0 Å². The van der Waals surface area contributed by atoms with E-state index in [1.54, 1.807) is 73.1 Å². The van der Waals surface area contributed by atoms with Crippen LogP contribution in [0, 0.1) is 22.7 Å². The van der Waals surface area contributed by atoms with Crippen molar-refractivity contribution in [3.8, 4) is 46.2 Å². The van der Waals surface area contributed by atoms with Crippen LogP contribution in [-0.4, -0.2) is 58.2 Å². The summed E-state index contributed by atoms with van der Waals surface area (Å²) in [5.74, 6) is 0. The van der Waals surface area contributed by atoms with Crippen molar-refractivity contribution in [2.45, 2.75) is 38.9 Å². The first-order valence-corrected chi connectivity index (χ1v) is 16.6. The second-order valence-corrected chi connectivity index (χ2v) is 13.3. The minimum Gasteiger partial charge on any atom is -0.399 e. The van der Waals surface area contributed by atoms with E-state index in [0.29, 0.717) is 49.1 Å². The van der Waals surface area contributed by atoms with Crippen LogP contribution in [0.4, 0.5) is 0 Å². The van der Waals surface area contributed by atoms with Crippen LogP contribution >= 0.6 is 34.8 Å². The minimum atomic E-state index is -0.485. The number of nitriles is 2. The molecule has 1 aliphatic heterocycles. The molecular weight excluding hydrogens is 722 g/mol. The quantitative estimate of drug-likeness (QED) is 0.131. The fourth-order valence-corrected chi connectivity index (χ4v) is 5.23. The van der Waals surface area contributed by atoms with Crippen molar-refractivity contribution in [2.75, 3.05) is 0 Å². The standard InChI is InChI=1S/C15H8ClN5.C13H15BClNO2.C8H5ClN4/c16-12-4-10(7-17)3-11(5-12)14-6-15(21-9-20-14)13-1-2-18-8-19-13;1-12(2)13(3,4)18-14(17-12)10-5-9(8-16)6-11(15)7-10;9-8-3-7(12-5-13-8)6-1-2-10-4-11-6/h1-6,8-9H;5-7H,1-4H3;1-5H. The molecular formula is C36H28BCl3N10O2. The molecule has 1 aliphatic rings. The molecule has 0 aliphatic carbocycles. The van der Waals surface area contributed by atoms with Crippen LogP contribution < -0.4 is 5.46 Å². The lowest BCUT2D eigenvalue weighted by molar-refractivity contribution is 0.00578. The van der Waals surface area contributed by atoms with Gasteiger partial charge in [0.15, 0.2) is 0 Å². The van der Waals surface area contributed by atoms with Gasteiger partial charge in [-0.3, -0.25) is 0 Å². The maximum absolute atomic E-state index is 9.01. The predicted molar refractivity (Wildman–Crippen MR) is 198 cm³/mol. The van der Waals surface area contributed by atoms with E-state index in [0.717, 1.165) is 16.7 Å². The van der Waals surface area contributed by atoms with E-state index in [1.165, 1.54) is 25.3 Å². The molecule has 0 radical (unpaired) electrons. The summed E-state index contributed by atoms with van der Waals surface area (Å²) in [6.07, 6.45) is 9.09. The molecule has 0 amide bonds. The maximum atomic E-state index is 9.01. The van der Waals surface area contributed by atoms with Gasteiger partial charge in [0.05, 0.1) is 62.9 Å². The third kappa shape index (κ3) is 9.68. The Labute approximate surface area is 315 Å². The number of hydrogen-bond acceptors (Lipinski definition) is 12. The molecule has 16 heteroatoms. The molecule has 1 fully saturated rings. The Kier molecular flexibility index (Phi) is 12.2. The highest BCUT2D eigenvalue weighted by Gasteiger charge is 2.51. The lowest BCUT2D eigenvalue weighted by Crippen LogP contribution is -2.41. The summed E-state index contributed by atoms with van der Waals surface area (Å²) < 4.78 is 11.8. The molecule has 0 unspecified atom stereocenters. The van der Waals surface area contributed by atoms with Crippen molar-refractivity contribution in [1.82, 2.24) is 39.9 Å². The first-order valence-electron chi connectivity index (χ1n) is 15.5. The summed E-state index contributed by atoms with van der Waals surface area (Å²) in [6, 6.07) is 21.4. The molecule has 0 saturated carbocycles. The molecule has 52 heavy (non-hydrogen) atoms. The largest absolute Gasteiger partial charge is 0.494 e. The molecule has 2 aromatic carbocycles. The summed E-state index contributed by atoms with van der Waals surface area (Å²) in [7, 11) is -0.485. The fourth-order valence-electron chi connectivity index (χ4n) is 4.61. The van der Waals surface area contributed by atoms with Crippen LogP contribution in [0.1, 0.15) is 38.8 Å². The van der Waals surface area contributed by atoms with Gasteiger partial charge in [0.2, 0.25) is 0 Å². The van der Waals surface area contributed by atoms with E-state index in [-0.39, 0.29) is 0 Å². The number of rotatable bonds is 4. The van der Waals surface area contributed by atoms with Crippen molar-refractivity contribution < 1.29 is 9.31 Å². The highest BCUT2D eigenvalue weighted by molar-refractivity contribution is 6.62. The van der Waals surface area contributed by atoms with Crippen molar-refractivity contribution >= 4 is 47.4 Å². The average molecular weight is 750 g/mol. The van der Waals surface area contributed by atoms with Crippen molar-refractivity contribution in [2.24, 2.45) is 0 Å². The van der Waals surface area contributed by atoms with Gasteiger partial charge in [-0.15, -0.1) is 0 Å². The zero-order chi connectivity index (χ0) is 37.3. The summed E-state index contributed by atoms with van der Waals surface area (Å²) >= 11 is 17.7. The SMILES string of the molecule is CC1(C)OB(c2cc(Cl)cc(C#N)c2)OC1(C)C.Clc1cc(-c2ccncn2)ncn1.N#Cc1cc(Cl)cc(-c2cc(-c3ccncn3)ncn2)c1. The van der Waals surface area contributed by atoms with E-state index in [1.807, 2.05) is 27.7 Å². The molecule has 0 spiro atoms. The maximum Gasteiger partial charge on any atom is 0.494 e. The van der Waals surface area contributed by atoms with E-state index in [2.05, 4.69) is 52.0 Å². The van der Waals surface area contributed by atoms with Gasteiger partial charge in [0.25, 0.3) is 0 Å². The number of benzene rings is 2. The minimum absolute atomic E-state index is 0.396. The van der Waals surface area contributed by atoms with Crippen LogP contribution in [0.2, 0.25) is 15.2 Å². The van der Waals surface area contributed by atoms with Gasteiger partial charge in [-0.2, -0.15) is 10.5 Å². The summed E-state index contributed by atoms with van der Waals surface area (Å²) in [6.45, 7) is 7.96. The summed E-state index contributed by atoms with van der Waals surface area (Å²) in [5, 5.41) is 19.4. The summed E-state index contributed by atoms with van der Waals surface area (Å²) in [5.41, 5.74) is 5.23. The molecule has 5 heterocycles. The monoisotopic (exact) mass is 748 g/mol. The normalized spacial score (nSPS) is 13.8. The van der Waals surface area contributed by atoms with Gasteiger partial charge in [-0.1, -0.05) is 34.8 Å². The smallest absolute Gasteiger partial charge is 0.399 e. The molecule has 258 valence electrons. The van der Waals surface area contributed by atoms with Crippen LogP contribution in [0.5, 0.6) is 0 Å². The lowest BCUT2D eigenvalue weighted by Gasteiger charge is -2.32. The summed E-state index contributed by atoms with van der Waals surface area (Å²) in [4.78, 5) is 32.1. The number of nitrogens with zero attached hydrogens (tertiary/aromatic N) is 10. The van der Waals surface area contributed by atoms with Crippen LogP contribution in [0.3, 0.4) is 0 Å².